The van der Waals surface area contributed by atoms with Crippen molar-refractivity contribution in [1.82, 2.24) is 0 Å². The molecule has 0 bridgehead atoms. The number of aryl methyl sites for hydroxylation is 1. The molecule has 0 aliphatic rings. The van der Waals surface area contributed by atoms with Gasteiger partial charge in [-0.1, -0.05) is 35.0 Å². The number of halogens is 2. The molecular weight excluding hydrogens is 293 g/mol. The Morgan fingerprint density at radius 2 is 1.83 bits per heavy atom. The minimum Gasteiger partial charge on any atom is -0.381 e. The second kappa shape index (κ2) is 6.01. The Morgan fingerprint density at radius 3 is 2.50 bits per heavy atom. The fourth-order valence-corrected chi connectivity index (χ4v) is 2.12. The van der Waals surface area contributed by atoms with Gasteiger partial charge in [-0.15, -0.1) is 0 Å². The Bertz CT molecular complexity index is 523. The van der Waals surface area contributed by atoms with Gasteiger partial charge in [0.2, 0.25) is 0 Å². The summed E-state index contributed by atoms with van der Waals surface area (Å²) in [7, 11) is 0. The van der Waals surface area contributed by atoms with Gasteiger partial charge in [0, 0.05) is 16.7 Å². The van der Waals surface area contributed by atoms with Crippen LogP contribution in [0.1, 0.15) is 18.1 Å². The van der Waals surface area contributed by atoms with Gasteiger partial charge in [0.15, 0.2) is 0 Å². The van der Waals surface area contributed by atoms with Crippen LogP contribution in [0.3, 0.4) is 0 Å². The molecule has 2 aromatic carbocycles. The number of benzene rings is 2. The van der Waals surface area contributed by atoms with Crippen molar-refractivity contribution in [2.45, 2.75) is 19.9 Å². The summed E-state index contributed by atoms with van der Waals surface area (Å²) >= 11 is 3.42. The standard InChI is InChI=1S/C15H15BrFN/c1-2-11-3-6-14(7-4-11)18-10-12-9-13(17)5-8-15(12)16/h3-9,18H,2,10H2,1H3. The Labute approximate surface area is 115 Å². The molecule has 0 spiro atoms. The molecule has 0 unspecified atom stereocenters. The molecule has 0 aliphatic carbocycles. The van der Waals surface area contributed by atoms with E-state index in [4.69, 9.17) is 0 Å². The molecule has 0 saturated heterocycles. The smallest absolute Gasteiger partial charge is 0.123 e. The van der Waals surface area contributed by atoms with Crippen LogP contribution in [0.15, 0.2) is 46.9 Å². The quantitative estimate of drug-likeness (QED) is 0.858. The third-order valence-corrected chi connectivity index (χ3v) is 3.63. The Balaban J connectivity index is 2.04. The van der Waals surface area contributed by atoms with Crippen LogP contribution in [0, 0.1) is 5.82 Å². The Hall–Kier alpha value is -1.35. The Kier molecular flexibility index (Phi) is 4.37. The maximum absolute atomic E-state index is 13.1. The van der Waals surface area contributed by atoms with E-state index in [1.54, 1.807) is 6.07 Å². The molecule has 0 radical (unpaired) electrons. The zero-order chi connectivity index (χ0) is 13.0. The molecule has 0 saturated carbocycles. The van der Waals surface area contributed by atoms with Crippen LogP contribution in [-0.4, -0.2) is 0 Å². The lowest BCUT2D eigenvalue weighted by molar-refractivity contribution is 0.625. The third kappa shape index (κ3) is 3.33. The number of nitrogens with one attached hydrogen (secondary N) is 1. The van der Waals surface area contributed by atoms with Gasteiger partial charge in [0.1, 0.15) is 5.82 Å². The first-order chi connectivity index (χ1) is 8.69. The summed E-state index contributed by atoms with van der Waals surface area (Å²) in [5.74, 6) is -0.212. The second-order valence-corrected chi connectivity index (χ2v) is 4.99. The molecule has 18 heavy (non-hydrogen) atoms. The fraction of sp³-hybridized carbons (Fsp3) is 0.200. The van der Waals surface area contributed by atoms with Crippen molar-refractivity contribution in [1.29, 1.82) is 0 Å². The van der Waals surface area contributed by atoms with Gasteiger partial charge in [-0.3, -0.25) is 0 Å². The molecule has 2 rings (SSSR count). The van der Waals surface area contributed by atoms with Crippen LogP contribution in [0.4, 0.5) is 10.1 Å². The SMILES string of the molecule is CCc1ccc(NCc2cc(F)ccc2Br)cc1. The molecular formula is C15H15BrFN. The molecule has 1 N–H and O–H groups in total. The monoisotopic (exact) mass is 307 g/mol. The lowest BCUT2D eigenvalue weighted by Crippen LogP contribution is -2.00. The molecule has 1 nitrogen and oxygen atoms in total. The van der Waals surface area contributed by atoms with Crippen molar-refractivity contribution in [2.75, 3.05) is 5.32 Å². The van der Waals surface area contributed by atoms with E-state index in [0.29, 0.717) is 6.54 Å². The molecule has 2 aromatic rings. The van der Waals surface area contributed by atoms with Crippen molar-refractivity contribution in [2.24, 2.45) is 0 Å². The minimum absolute atomic E-state index is 0.212. The third-order valence-electron chi connectivity index (χ3n) is 2.85. The maximum atomic E-state index is 13.1. The molecule has 0 atom stereocenters. The van der Waals surface area contributed by atoms with Gasteiger partial charge in [0.05, 0.1) is 0 Å². The molecule has 3 heteroatoms. The highest BCUT2D eigenvalue weighted by Gasteiger charge is 2.01. The van der Waals surface area contributed by atoms with Crippen LogP contribution in [0.5, 0.6) is 0 Å². The zero-order valence-electron chi connectivity index (χ0n) is 10.2. The number of hydrogen-bond acceptors (Lipinski definition) is 1. The van der Waals surface area contributed by atoms with Gasteiger partial charge >= 0.3 is 0 Å². The number of hydrogen-bond donors (Lipinski definition) is 1. The van der Waals surface area contributed by atoms with Crippen LogP contribution in [0.25, 0.3) is 0 Å². The summed E-state index contributed by atoms with van der Waals surface area (Å²) in [5.41, 5.74) is 3.27. The van der Waals surface area contributed by atoms with E-state index in [1.165, 1.54) is 17.7 Å². The second-order valence-electron chi connectivity index (χ2n) is 4.14. The van der Waals surface area contributed by atoms with E-state index in [9.17, 15) is 4.39 Å². The van der Waals surface area contributed by atoms with Crippen molar-refractivity contribution in [3.8, 4) is 0 Å². The molecule has 0 fully saturated rings. The highest BCUT2D eigenvalue weighted by Crippen LogP contribution is 2.19. The number of rotatable bonds is 4. The van der Waals surface area contributed by atoms with Crippen molar-refractivity contribution in [3.05, 3.63) is 63.9 Å². The first kappa shape index (κ1) is 13.1. The highest BCUT2D eigenvalue weighted by molar-refractivity contribution is 9.10. The maximum Gasteiger partial charge on any atom is 0.123 e. The van der Waals surface area contributed by atoms with Crippen LogP contribution in [0.2, 0.25) is 0 Å². The lowest BCUT2D eigenvalue weighted by atomic mass is 10.1. The van der Waals surface area contributed by atoms with Crippen molar-refractivity contribution >= 4 is 21.6 Å². The van der Waals surface area contributed by atoms with E-state index in [-0.39, 0.29) is 5.82 Å². The first-order valence-electron chi connectivity index (χ1n) is 5.96. The normalized spacial score (nSPS) is 10.4. The highest BCUT2D eigenvalue weighted by atomic mass is 79.9. The molecule has 0 amide bonds. The van der Waals surface area contributed by atoms with Gasteiger partial charge in [0.25, 0.3) is 0 Å². The lowest BCUT2D eigenvalue weighted by Gasteiger charge is -2.09. The fourth-order valence-electron chi connectivity index (χ4n) is 1.73. The van der Waals surface area contributed by atoms with Crippen LogP contribution >= 0.6 is 15.9 Å². The van der Waals surface area contributed by atoms with Crippen molar-refractivity contribution < 1.29 is 4.39 Å². The summed E-state index contributed by atoms with van der Waals surface area (Å²) in [4.78, 5) is 0. The summed E-state index contributed by atoms with van der Waals surface area (Å²) in [5, 5.41) is 3.28. The van der Waals surface area contributed by atoms with E-state index in [2.05, 4.69) is 40.3 Å². The average molecular weight is 308 g/mol. The molecule has 0 aromatic heterocycles. The van der Waals surface area contributed by atoms with Crippen LogP contribution < -0.4 is 5.32 Å². The molecule has 0 heterocycles. The Morgan fingerprint density at radius 1 is 1.11 bits per heavy atom. The summed E-state index contributed by atoms with van der Waals surface area (Å²) in [6.45, 7) is 2.73. The first-order valence-corrected chi connectivity index (χ1v) is 6.75. The summed E-state index contributed by atoms with van der Waals surface area (Å²) in [6.07, 6.45) is 1.04. The summed E-state index contributed by atoms with van der Waals surface area (Å²) in [6, 6.07) is 13.0. The predicted octanol–water partition coefficient (Wildman–Crippen LogP) is 4.76. The average Bonchev–Trinajstić information content (AvgIpc) is 2.40. The van der Waals surface area contributed by atoms with Gasteiger partial charge in [-0.05, 0) is 47.9 Å². The van der Waals surface area contributed by atoms with E-state index in [0.717, 1.165) is 22.1 Å². The van der Waals surface area contributed by atoms with Gasteiger partial charge in [-0.25, -0.2) is 4.39 Å². The van der Waals surface area contributed by atoms with Crippen molar-refractivity contribution in [3.63, 3.8) is 0 Å². The van der Waals surface area contributed by atoms with Gasteiger partial charge < -0.3 is 5.32 Å². The van der Waals surface area contributed by atoms with E-state index < -0.39 is 0 Å². The van der Waals surface area contributed by atoms with E-state index in [1.807, 2.05) is 12.1 Å². The topological polar surface area (TPSA) is 12.0 Å². The summed E-state index contributed by atoms with van der Waals surface area (Å²) < 4.78 is 14.0. The predicted molar refractivity (Wildman–Crippen MR) is 77.2 cm³/mol. The zero-order valence-corrected chi connectivity index (χ0v) is 11.8. The van der Waals surface area contributed by atoms with E-state index >= 15 is 0 Å². The number of anilines is 1. The largest absolute Gasteiger partial charge is 0.381 e. The molecule has 0 aliphatic heterocycles. The van der Waals surface area contributed by atoms with Crippen LogP contribution in [-0.2, 0) is 13.0 Å². The molecule has 94 valence electrons. The van der Waals surface area contributed by atoms with Gasteiger partial charge in [-0.2, -0.15) is 0 Å². The minimum atomic E-state index is -0.212.